The highest BCUT2D eigenvalue weighted by molar-refractivity contribution is 6.39. The molecular weight excluding hydrogens is 394 g/mol. The Kier molecular flexibility index (Phi) is 6.56. The van der Waals surface area contributed by atoms with Gasteiger partial charge in [-0.2, -0.15) is 0 Å². The number of nitrogens with zero attached hydrogens (tertiary/aromatic N) is 3. The van der Waals surface area contributed by atoms with Crippen LogP contribution in [-0.4, -0.2) is 55.1 Å². The largest absolute Gasteiger partial charge is 0.374 e. The first-order valence-electron chi connectivity index (χ1n) is 11.1. The van der Waals surface area contributed by atoms with Gasteiger partial charge in [-0.15, -0.1) is 0 Å². The summed E-state index contributed by atoms with van der Waals surface area (Å²) in [6.45, 7) is 5.20. The molecule has 2 aromatic rings. The van der Waals surface area contributed by atoms with Crippen LogP contribution < -0.4 is 15.5 Å². The summed E-state index contributed by atoms with van der Waals surface area (Å²) in [6.07, 6.45) is 5.78. The SMILES string of the molecule is Cc1cc(NC(=O)C(=O)NC[C@@H](c2ccc3c(c2)CCCN3C)N2CCCCC2)no1. The minimum Gasteiger partial charge on any atom is -0.374 e. The lowest BCUT2D eigenvalue weighted by molar-refractivity contribution is -0.136. The normalized spacial score (nSPS) is 17.7. The van der Waals surface area contributed by atoms with Crippen molar-refractivity contribution in [3.63, 3.8) is 0 Å². The Balaban J connectivity index is 1.46. The number of amides is 2. The van der Waals surface area contributed by atoms with Gasteiger partial charge >= 0.3 is 11.8 Å². The molecule has 0 aliphatic carbocycles. The summed E-state index contributed by atoms with van der Waals surface area (Å²) in [5.74, 6) is -0.596. The predicted octanol–water partition coefficient (Wildman–Crippen LogP) is 2.65. The molecule has 8 heteroatoms. The first-order chi connectivity index (χ1) is 15.0. The molecule has 2 amide bonds. The van der Waals surface area contributed by atoms with E-state index in [4.69, 9.17) is 4.52 Å². The molecule has 2 aliphatic heterocycles. The highest BCUT2D eigenvalue weighted by Crippen LogP contribution is 2.31. The van der Waals surface area contributed by atoms with Crippen LogP contribution in [0.3, 0.4) is 0 Å². The third-order valence-corrected chi connectivity index (χ3v) is 6.20. The van der Waals surface area contributed by atoms with Gasteiger partial charge in [-0.3, -0.25) is 19.8 Å². The minimum absolute atomic E-state index is 0.0453. The molecule has 1 atom stereocenters. The summed E-state index contributed by atoms with van der Waals surface area (Å²) in [4.78, 5) is 29.4. The van der Waals surface area contributed by atoms with Crippen molar-refractivity contribution in [3.05, 3.63) is 41.2 Å². The van der Waals surface area contributed by atoms with E-state index in [1.54, 1.807) is 13.0 Å². The fraction of sp³-hybridized carbons (Fsp3) is 0.522. The average molecular weight is 426 g/mol. The van der Waals surface area contributed by atoms with Crippen LogP contribution in [0.2, 0.25) is 0 Å². The lowest BCUT2D eigenvalue weighted by Gasteiger charge is -2.36. The Bertz CT molecular complexity index is 935. The zero-order chi connectivity index (χ0) is 21.8. The standard InChI is InChI=1S/C23H31N5O3/c1-16-13-21(26-31-16)25-23(30)22(29)24-15-20(28-11-4-3-5-12-28)18-8-9-19-17(14-18)7-6-10-27(19)2/h8-9,13-14,20H,3-7,10-12,15H2,1-2H3,(H,24,29)(H,25,26,30)/t20-/m0/s1. The summed E-state index contributed by atoms with van der Waals surface area (Å²) < 4.78 is 4.93. The molecule has 2 aliphatic rings. The molecule has 1 aromatic heterocycles. The van der Waals surface area contributed by atoms with Gasteiger partial charge in [0.25, 0.3) is 0 Å². The van der Waals surface area contributed by atoms with Crippen LogP contribution in [0.4, 0.5) is 11.5 Å². The second-order valence-electron chi connectivity index (χ2n) is 8.51. The second-order valence-corrected chi connectivity index (χ2v) is 8.51. The lowest BCUT2D eigenvalue weighted by atomic mass is 9.95. The van der Waals surface area contributed by atoms with E-state index in [0.29, 0.717) is 12.3 Å². The zero-order valence-corrected chi connectivity index (χ0v) is 18.3. The average Bonchev–Trinajstić information content (AvgIpc) is 3.19. The lowest BCUT2D eigenvalue weighted by Crippen LogP contribution is -2.43. The highest BCUT2D eigenvalue weighted by atomic mass is 16.5. The molecule has 4 rings (SSSR count). The van der Waals surface area contributed by atoms with Crippen molar-refractivity contribution in [1.82, 2.24) is 15.4 Å². The molecule has 0 spiro atoms. The molecule has 31 heavy (non-hydrogen) atoms. The number of fused-ring (bicyclic) bond motifs is 1. The minimum atomic E-state index is -0.738. The second kappa shape index (κ2) is 9.51. The number of rotatable bonds is 5. The van der Waals surface area contributed by atoms with E-state index in [1.165, 1.54) is 23.2 Å². The number of likely N-dealkylation sites (tertiary alicyclic amines) is 1. The maximum atomic E-state index is 12.4. The molecule has 0 unspecified atom stereocenters. The summed E-state index contributed by atoms with van der Waals surface area (Å²) in [5.41, 5.74) is 3.85. The van der Waals surface area contributed by atoms with Gasteiger partial charge in [0.15, 0.2) is 5.82 Å². The summed E-state index contributed by atoms with van der Waals surface area (Å²) in [7, 11) is 2.13. The van der Waals surface area contributed by atoms with E-state index >= 15 is 0 Å². The van der Waals surface area contributed by atoms with Crippen LogP contribution in [0.25, 0.3) is 0 Å². The smallest absolute Gasteiger partial charge is 0.314 e. The molecule has 2 N–H and O–H groups in total. The molecule has 1 aromatic carbocycles. The van der Waals surface area contributed by atoms with Crippen LogP contribution >= 0.6 is 0 Å². The van der Waals surface area contributed by atoms with Gasteiger partial charge in [0.2, 0.25) is 0 Å². The number of benzene rings is 1. The maximum absolute atomic E-state index is 12.4. The third kappa shape index (κ3) is 5.07. The molecule has 0 radical (unpaired) electrons. The van der Waals surface area contributed by atoms with E-state index in [0.717, 1.165) is 45.3 Å². The topological polar surface area (TPSA) is 90.7 Å². The summed E-state index contributed by atoms with van der Waals surface area (Å²) >= 11 is 0. The molecule has 0 saturated carbocycles. The van der Waals surface area contributed by atoms with Crippen LogP contribution in [0.15, 0.2) is 28.8 Å². The van der Waals surface area contributed by atoms with Gasteiger partial charge in [-0.25, -0.2) is 0 Å². The Morgan fingerprint density at radius 1 is 1.10 bits per heavy atom. The highest BCUT2D eigenvalue weighted by Gasteiger charge is 2.26. The van der Waals surface area contributed by atoms with Crippen molar-refractivity contribution >= 4 is 23.3 Å². The Morgan fingerprint density at radius 2 is 1.90 bits per heavy atom. The summed E-state index contributed by atoms with van der Waals surface area (Å²) in [5, 5.41) is 9.01. The van der Waals surface area contributed by atoms with Gasteiger partial charge in [-0.05, 0) is 62.9 Å². The first-order valence-corrected chi connectivity index (χ1v) is 11.1. The van der Waals surface area contributed by atoms with E-state index in [1.807, 2.05) is 0 Å². The van der Waals surface area contributed by atoms with Gasteiger partial charge in [0.1, 0.15) is 5.76 Å². The van der Waals surface area contributed by atoms with Gasteiger partial charge in [-0.1, -0.05) is 23.7 Å². The van der Waals surface area contributed by atoms with Crippen molar-refractivity contribution in [1.29, 1.82) is 0 Å². The quantitative estimate of drug-likeness (QED) is 0.716. The van der Waals surface area contributed by atoms with Crippen LogP contribution in [0.5, 0.6) is 0 Å². The van der Waals surface area contributed by atoms with Gasteiger partial charge < -0.3 is 14.7 Å². The van der Waals surface area contributed by atoms with Crippen molar-refractivity contribution in [2.45, 2.75) is 45.1 Å². The molecule has 1 saturated heterocycles. The van der Waals surface area contributed by atoms with Crippen molar-refractivity contribution in [2.24, 2.45) is 0 Å². The zero-order valence-electron chi connectivity index (χ0n) is 18.3. The number of aryl methyl sites for hydroxylation is 2. The fourth-order valence-electron chi connectivity index (χ4n) is 4.57. The number of hydrogen-bond acceptors (Lipinski definition) is 6. The van der Waals surface area contributed by atoms with Gasteiger partial charge in [0.05, 0.1) is 6.04 Å². The Morgan fingerprint density at radius 3 is 2.65 bits per heavy atom. The number of anilines is 2. The molecular formula is C23H31N5O3. The Labute approximate surface area is 182 Å². The maximum Gasteiger partial charge on any atom is 0.314 e. The fourth-order valence-corrected chi connectivity index (χ4v) is 4.57. The Hall–Kier alpha value is -2.87. The van der Waals surface area contributed by atoms with Crippen LogP contribution in [-0.2, 0) is 16.0 Å². The number of hydrogen-bond donors (Lipinski definition) is 2. The van der Waals surface area contributed by atoms with Crippen LogP contribution in [0.1, 0.15) is 48.6 Å². The number of carbonyl (C=O) groups excluding carboxylic acids is 2. The van der Waals surface area contributed by atoms with Crippen molar-refractivity contribution in [3.8, 4) is 0 Å². The predicted molar refractivity (Wildman–Crippen MR) is 119 cm³/mol. The molecule has 8 nitrogen and oxygen atoms in total. The molecule has 166 valence electrons. The molecule has 0 bridgehead atoms. The number of piperidine rings is 1. The summed E-state index contributed by atoms with van der Waals surface area (Å²) in [6, 6.07) is 8.27. The number of carbonyl (C=O) groups is 2. The molecule has 3 heterocycles. The first kappa shape index (κ1) is 21.4. The van der Waals surface area contributed by atoms with Crippen molar-refractivity contribution < 1.29 is 14.1 Å². The molecule has 1 fully saturated rings. The number of nitrogens with one attached hydrogen (secondary N) is 2. The van der Waals surface area contributed by atoms with Crippen LogP contribution in [0, 0.1) is 6.92 Å². The van der Waals surface area contributed by atoms with Gasteiger partial charge in [0, 0.05) is 31.9 Å². The monoisotopic (exact) mass is 425 g/mol. The van der Waals surface area contributed by atoms with E-state index < -0.39 is 11.8 Å². The van der Waals surface area contributed by atoms with Crippen molar-refractivity contribution in [2.75, 3.05) is 43.4 Å². The van der Waals surface area contributed by atoms with E-state index in [9.17, 15) is 9.59 Å². The van der Waals surface area contributed by atoms with E-state index in [-0.39, 0.29) is 11.9 Å². The third-order valence-electron chi connectivity index (χ3n) is 6.20. The number of aromatic nitrogens is 1. The van der Waals surface area contributed by atoms with E-state index in [2.05, 4.69) is 50.8 Å².